The molecule has 3 aromatic rings. The number of aliphatic imine (C=N–C) groups is 1. The zero-order valence-corrected chi connectivity index (χ0v) is 11.9. The summed E-state index contributed by atoms with van der Waals surface area (Å²) in [5.74, 6) is 0. The molecule has 0 saturated heterocycles. The summed E-state index contributed by atoms with van der Waals surface area (Å²) in [6.45, 7) is 0. The van der Waals surface area contributed by atoms with Crippen molar-refractivity contribution in [2.75, 3.05) is 0 Å². The molecule has 1 aliphatic rings. The number of hydrogen-bond acceptors (Lipinski definition) is 2. The van der Waals surface area contributed by atoms with Crippen LogP contribution in [0.1, 0.15) is 11.1 Å². The molecular weight excluding hydrogens is 270 g/mol. The Labute approximate surface area is 128 Å². The molecule has 0 N–H and O–H groups in total. The van der Waals surface area contributed by atoms with Gasteiger partial charge in [-0.15, -0.1) is 0 Å². The van der Waals surface area contributed by atoms with Crippen LogP contribution in [0.15, 0.2) is 71.7 Å². The van der Waals surface area contributed by atoms with Gasteiger partial charge >= 0.3 is 0 Å². The van der Waals surface area contributed by atoms with E-state index in [0.717, 1.165) is 17.5 Å². The third-order valence-corrected chi connectivity index (χ3v) is 4.21. The summed E-state index contributed by atoms with van der Waals surface area (Å²) in [4.78, 5) is 14.5. The van der Waals surface area contributed by atoms with Gasteiger partial charge in [0.2, 0.25) is 6.08 Å². The number of fused-ring (bicyclic) bond motifs is 3. The molecule has 0 amide bonds. The average Bonchev–Trinajstić information content (AvgIpc) is 2.94. The van der Waals surface area contributed by atoms with Crippen LogP contribution < -0.4 is 0 Å². The van der Waals surface area contributed by atoms with Crippen molar-refractivity contribution in [1.82, 2.24) is 0 Å². The van der Waals surface area contributed by atoms with Crippen LogP contribution in [-0.2, 0) is 11.2 Å². The van der Waals surface area contributed by atoms with Crippen LogP contribution in [-0.4, -0.2) is 6.08 Å². The van der Waals surface area contributed by atoms with Crippen molar-refractivity contribution in [3.8, 4) is 22.3 Å². The van der Waals surface area contributed by atoms with E-state index in [1.165, 1.54) is 22.3 Å². The second-order valence-electron chi connectivity index (χ2n) is 5.39. The topological polar surface area (TPSA) is 29.4 Å². The van der Waals surface area contributed by atoms with Gasteiger partial charge in [-0.3, -0.25) is 0 Å². The van der Waals surface area contributed by atoms with E-state index in [9.17, 15) is 4.79 Å². The summed E-state index contributed by atoms with van der Waals surface area (Å²) in [7, 11) is 0. The van der Waals surface area contributed by atoms with Crippen LogP contribution in [0.3, 0.4) is 0 Å². The fraction of sp³-hybridized carbons (Fsp3) is 0.0500. The van der Waals surface area contributed by atoms with E-state index in [-0.39, 0.29) is 0 Å². The number of para-hydroxylation sites is 1. The first-order valence-electron chi connectivity index (χ1n) is 7.26. The van der Waals surface area contributed by atoms with E-state index in [1.807, 2.05) is 24.3 Å². The quantitative estimate of drug-likeness (QED) is 0.380. The van der Waals surface area contributed by atoms with Crippen LogP contribution in [0.25, 0.3) is 22.3 Å². The summed E-state index contributed by atoms with van der Waals surface area (Å²) in [5, 5.41) is 0. The minimum Gasteiger partial charge on any atom is -0.211 e. The third-order valence-electron chi connectivity index (χ3n) is 4.21. The van der Waals surface area contributed by atoms with Crippen LogP contribution in [0, 0.1) is 0 Å². The fourth-order valence-corrected chi connectivity index (χ4v) is 3.26. The van der Waals surface area contributed by atoms with Crippen LogP contribution in [0.2, 0.25) is 0 Å². The molecule has 0 fully saturated rings. The monoisotopic (exact) mass is 283 g/mol. The van der Waals surface area contributed by atoms with E-state index < -0.39 is 0 Å². The molecule has 0 aromatic heterocycles. The lowest BCUT2D eigenvalue weighted by Crippen LogP contribution is -1.88. The molecule has 2 nitrogen and oxygen atoms in total. The maximum absolute atomic E-state index is 10.7. The number of benzene rings is 3. The SMILES string of the molecule is O=C=Nc1ccccc1-c1cccc2c1Cc1ccccc1-2. The second kappa shape index (κ2) is 5.10. The van der Waals surface area contributed by atoms with Crippen molar-refractivity contribution in [1.29, 1.82) is 0 Å². The van der Waals surface area contributed by atoms with Crippen molar-refractivity contribution in [2.24, 2.45) is 4.99 Å². The summed E-state index contributed by atoms with van der Waals surface area (Å²) in [6, 6.07) is 22.5. The highest BCUT2D eigenvalue weighted by Gasteiger charge is 2.21. The zero-order valence-electron chi connectivity index (χ0n) is 11.9. The first-order chi connectivity index (χ1) is 10.9. The van der Waals surface area contributed by atoms with Gasteiger partial charge in [-0.05, 0) is 40.3 Å². The molecular formula is C20H13NO. The Kier molecular flexibility index (Phi) is 2.96. The van der Waals surface area contributed by atoms with Gasteiger partial charge in [-0.1, -0.05) is 60.7 Å². The predicted octanol–water partition coefficient (Wildman–Crippen LogP) is 4.89. The molecule has 0 bridgehead atoms. The standard InChI is InChI=1S/C20H13NO/c22-13-21-20-11-4-3-8-18(20)17-10-5-9-16-15-7-2-1-6-14(15)12-19(16)17/h1-11H,12H2. The van der Waals surface area contributed by atoms with Gasteiger partial charge in [-0.25, -0.2) is 4.79 Å². The smallest absolute Gasteiger partial charge is 0.211 e. The van der Waals surface area contributed by atoms with Gasteiger partial charge in [0.05, 0.1) is 5.69 Å². The Hall–Kier alpha value is -2.96. The van der Waals surface area contributed by atoms with E-state index in [1.54, 1.807) is 6.08 Å². The first kappa shape index (κ1) is 12.8. The van der Waals surface area contributed by atoms with Gasteiger partial charge in [0, 0.05) is 5.56 Å². The number of isocyanates is 1. The lowest BCUT2D eigenvalue weighted by atomic mass is 9.95. The van der Waals surface area contributed by atoms with Crippen molar-refractivity contribution in [3.63, 3.8) is 0 Å². The fourth-order valence-electron chi connectivity index (χ4n) is 3.26. The summed E-state index contributed by atoms with van der Waals surface area (Å²) < 4.78 is 0. The lowest BCUT2D eigenvalue weighted by Gasteiger charge is -2.10. The van der Waals surface area contributed by atoms with E-state index in [2.05, 4.69) is 47.5 Å². The van der Waals surface area contributed by atoms with Crippen LogP contribution in [0.5, 0.6) is 0 Å². The molecule has 0 spiro atoms. The Morgan fingerprint density at radius 3 is 2.18 bits per heavy atom. The summed E-state index contributed by atoms with van der Waals surface area (Å²) in [5.41, 5.74) is 8.02. The van der Waals surface area contributed by atoms with Crippen molar-refractivity contribution in [3.05, 3.63) is 77.9 Å². The van der Waals surface area contributed by atoms with Gasteiger partial charge in [0.1, 0.15) is 0 Å². The van der Waals surface area contributed by atoms with Gasteiger partial charge in [0.25, 0.3) is 0 Å². The molecule has 0 saturated carbocycles. The Morgan fingerprint density at radius 2 is 1.36 bits per heavy atom. The largest absolute Gasteiger partial charge is 0.240 e. The van der Waals surface area contributed by atoms with Gasteiger partial charge < -0.3 is 0 Å². The van der Waals surface area contributed by atoms with E-state index >= 15 is 0 Å². The predicted molar refractivity (Wildman–Crippen MR) is 87.9 cm³/mol. The highest BCUT2D eigenvalue weighted by atomic mass is 16.1. The average molecular weight is 283 g/mol. The lowest BCUT2D eigenvalue weighted by molar-refractivity contribution is 0.565. The molecule has 0 aliphatic heterocycles. The zero-order chi connectivity index (χ0) is 14.9. The molecule has 4 rings (SSSR count). The molecule has 0 atom stereocenters. The van der Waals surface area contributed by atoms with Crippen molar-refractivity contribution in [2.45, 2.75) is 6.42 Å². The maximum Gasteiger partial charge on any atom is 0.240 e. The maximum atomic E-state index is 10.7. The molecule has 22 heavy (non-hydrogen) atoms. The highest BCUT2D eigenvalue weighted by molar-refractivity contribution is 5.88. The molecule has 1 aliphatic carbocycles. The molecule has 104 valence electrons. The van der Waals surface area contributed by atoms with E-state index in [4.69, 9.17) is 0 Å². The Bertz CT molecular complexity index is 920. The molecule has 2 heteroatoms. The molecule has 0 radical (unpaired) electrons. The van der Waals surface area contributed by atoms with Crippen LogP contribution >= 0.6 is 0 Å². The van der Waals surface area contributed by atoms with Gasteiger partial charge in [0.15, 0.2) is 0 Å². The summed E-state index contributed by atoms with van der Waals surface area (Å²) in [6.07, 6.45) is 2.57. The minimum absolute atomic E-state index is 0.668. The van der Waals surface area contributed by atoms with Gasteiger partial charge in [-0.2, -0.15) is 4.99 Å². The molecule has 0 heterocycles. The summed E-state index contributed by atoms with van der Waals surface area (Å²) >= 11 is 0. The Morgan fingerprint density at radius 1 is 0.727 bits per heavy atom. The number of rotatable bonds is 2. The highest BCUT2D eigenvalue weighted by Crippen LogP contribution is 2.43. The number of nitrogens with zero attached hydrogens (tertiary/aromatic N) is 1. The molecule has 3 aromatic carbocycles. The number of hydrogen-bond donors (Lipinski definition) is 0. The van der Waals surface area contributed by atoms with Crippen molar-refractivity contribution >= 4 is 11.8 Å². The van der Waals surface area contributed by atoms with Crippen LogP contribution in [0.4, 0.5) is 5.69 Å². The van der Waals surface area contributed by atoms with E-state index in [0.29, 0.717) is 5.69 Å². The van der Waals surface area contributed by atoms with Crippen molar-refractivity contribution < 1.29 is 4.79 Å². The second-order valence-corrected chi connectivity index (χ2v) is 5.39. The third kappa shape index (κ3) is 1.90. The first-order valence-corrected chi connectivity index (χ1v) is 7.26. The molecule has 0 unspecified atom stereocenters. The Balaban J connectivity index is 1.96. The normalized spacial score (nSPS) is 11.5. The minimum atomic E-state index is 0.668. The number of carbonyl (C=O) groups excluding carboxylic acids is 1.